The second kappa shape index (κ2) is 6.79. The van der Waals surface area contributed by atoms with Crippen LogP contribution in [0.3, 0.4) is 0 Å². The van der Waals surface area contributed by atoms with E-state index in [1.807, 2.05) is 17.9 Å². The Bertz CT molecular complexity index is 506. The Hall–Kier alpha value is -1.40. The lowest BCUT2D eigenvalue weighted by atomic mass is 9.94. The number of carbonyl (C=O) groups excluding carboxylic acids is 1. The van der Waals surface area contributed by atoms with Gasteiger partial charge in [-0.05, 0) is 25.3 Å². The molecule has 0 unspecified atom stereocenters. The number of hydrogen-bond acceptors (Lipinski definition) is 4. The number of amides is 1. The van der Waals surface area contributed by atoms with Gasteiger partial charge in [0.2, 0.25) is 5.91 Å². The van der Waals surface area contributed by atoms with Crippen molar-refractivity contribution in [3.63, 3.8) is 0 Å². The quantitative estimate of drug-likeness (QED) is 0.876. The summed E-state index contributed by atoms with van der Waals surface area (Å²) in [7, 11) is 1.94. The Morgan fingerprint density at radius 1 is 1.32 bits per heavy atom. The van der Waals surface area contributed by atoms with Crippen LogP contribution in [0.15, 0.2) is 12.4 Å². The summed E-state index contributed by atoms with van der Waals surface area (Å²) in [5, 5.41) is 4.21. The van der Waals surface area contributed by atoms with Gasteiger partial charge in [0.1, 0.15) is 0 Å². The molecule has 0 spiro atoms. The molecule has 6 heteroatoms. The van der Waals surface area contributed by atoms with E-state index in [1.165, 1.54) is 5.56 Å². The Kier molecular flexibility index (Phi) is 4.78. The number of hydrogen-bond donors (Lipinski definition) is 1. The maximum absolute atomic E-state index is 12.7. The van der Waals surface area contributed by atoms with Crippen molar-refractivity contribution in [3.05, 3.63) is 18.0 Å². The predicted molar refractivity (Wildman–Crippen MR) is 85.0 cm³/mol. The van der Waals surface area contributed by atoms with Gasteiger partial charge in [-0.25, -0.2) is 0 Å². The Morgan fingerprint density at radius 3 is 2.73 bits per heavy atom. The van der Waals surface area contributed by atoms with Crippen molar-refractivity contribution in [2.45, 2.75) is 25.8 Å². The largest absolute Gasteiger partial charge is 0.340 e. The summed E-state index contributed by atoms with van der Waals surface area (Å²) in [6, 6.07) is 0. The highest BCUT2D eigenvalue weighted by Crippen LogP contribution is 2.32. The molecule has 2 aliphatic rings. The van der Waals surface area contributed by atoms with Gasteiger partial charge in [-0.1, -0.05) is 6.42 Å². The van der Waals surface area contributed by atoms with E-state index in [-0.39, 0.29) is 5.92 Å². The molecule has 2 heterocycles. The minimum Gasteiger partial charge on any atom is -0.340 e. The predicted octanol–water partition coefficient (Wildman–Crippen LogP) is 0.439. The molecule has 0 bridgehead atoms. The van der Waals surface area contributed by atoms with Crippen molar-refractivity contribution in [3.8, 4) is 0 Å². The van der Waals surface area contributed by atoms with Gasteiger partial charge in [0.15, 0.2) is 0 Å². The maximum atomic E-state index is 12.7. The third-order valence-electron chi connectivity index (χ3n) is 5.13. The zero-order chi connectivity index (χ0) is 15.5. The number of aryl methyl sites for hydroxylation is 1. The zero-order valence-electron chi connectivity index (χ0n) is 13.4. The second-order valence-corrected chi connectivity index (χ2v) is 6.66. The number of piperazine rings is 1. The van der Waals surface area contributed by atoms with E-state index in [1.54, 1.807) is 0 Å². The van der Waals surface area contributed by atoms with Gasteiger partial charge in [0.05, 0.1) is 6.20 Å². The first-order chi connectivity index (χ1) is 10.7. The van der Waals surface area contributed by atoms with Crippen molar-refractivity contribution < 1.29 is 4.79 Å². The lowest BCUT2D eigenvalue weighted by Gasteiger charge is -2.36. The highest BCUT2D eigenvalue weighted by Gasteiger charge is 2.35. The van der Waals surface area contributed by atoms with Gasteiger partial charge in [-0.15, -0.1) is 0 Å². The summed E-state index contributed by atoms with van der Waals surface area (Å²) in [5.41, 5.74) is 7.05. The minimum atomic E-state index is 0.176. The molecule has 1 amide bonds. The van der Waals surface area contributed by atoms with E-state index in [0.717, 1.165) is 52.0 Å². The van der Waals surface area contributed by atoms with Crippen LogP contribution in [0.4, 0.5) is 0 Å². The van der Waals surface area contributed by atoms with E-state index >= 15 is 0 Å². The number of carbonyl (C=O) groups is 1. The molecule has 1 saturated heterocycles. The summed E-state index contributed by atoms with van der Waals surface area (Å²) in [6.45, 7) is 5.14. The van der Waals surface area contributed by atoms with Crippen molar-refractivity contribution in [2.24, 2.45) is 24.6 Å². The third kappa shape index (κ3) is 3.33. The van der Waals surface area contributed by atoms with E-state index in [2.05, 4.69) is 21.1 Å². The molecule has 1 aromatic rings. The fraction of sp³-hybridized carbons (Fsp3) is 0.750. The average molecular weight is 305 g/mol. The van der Waals surface area contributed by atoms with Gasteiger partial charge in [-0.3, -0.25) is 14.4 Å². The fourth-order valence-electron chi connectivity index (χ4n) is 3.82. The molecular weight excluding hydrogens is 278 g/mol. The molecule has 22 heavy (non-hydrogen) atoms. The van der Waals surface area contributed by atoms with E-state index in [4.69, 9.17) is 5.73 Å². The van der Waals surface area contributed by atoms with E-state index < -0.39 is 0 Å². The molecule has 0 aromatic carbocycles. The van der Waals surface area contributed by atoms with Crippen LogP contribution < -0.4 is 5.73 Å². The summed E-state index contributed by atoms with van der Waals surface area (Å²) in [6.07, 6.45) is 7.27. The molecular formula is C16H27N5O. The van der Waals surface area contributed by atoms with Crippen molar-refractivity contribution in [1.82, 2.24) is 19.6 Å². The lowest BCUT2D eigenvalue weighted by Crippen LogP contribution is -2.50. The topological polar surface area (TPSA) is 67.4 Å². The van der Waals surface area contributed by atoms with Gasteiger partial charge in [0.25, 0.3) is 0 Å². The minimum absolute atomic E-state index is 0.176. The number of nitrogens with two attached hydrogens (primary N) is 1. The third-order valence-corrected chi connectivity index (χ3v) is 5.13. The van der Waals surface area contributed by atoms with Crippen LogP contribution in [0.1, 0.15) is 24.8 Å². The SMILES string of the molecule is Cn1cc(CN2CCN(C(=O)[C@@H]3CCC[C@@H]3CN)CC2)cn1. The molecule has 1 aliphatic carbocycles. The van der Waals surface area contributed by atoms with Crippen molar-refractivity contribution in [2.75, 3.05) is 32.7 Å². The molecule has 2 N–H and O–H groups in total. The number of rotatable bonds is 4. The Morgan fingerprint density at radius 2 is 2.09 bits per heavy atom. The molecule has 1 aromatic heterocycles. The summed E-state index contributed by atoms with van der Waals surface area (Å²) < 4.78 is 1.84. The standard InChI is InChI=1S/C16H27N5O/c1-19-11-13(10-18-19)12-20-5-7-21(8-6-20)16(22)15-4-2-3-14(15)9-17/h10-11,14-15H,2-9,12,17H2,1H3/t14-,15-/m1/s1. The number of nitrogens with zero attached hydrogens (tertiary/aromatic N) is 4. The monoisotopic (exact) mass is 305 g/mol. The highest BCUT2D eigenvalue weighted by atomic mass is 16.2. The molecule has 3 rings (SSSR count). The van der Waals surface area contributed by atoms with E-state index in [9.17, 15) is 4.79 Å². The Labute approximate surface area is 132 Å². The van der Waals surface area contributed by atoms with Crippen molar-refractivity contribution >= 4 is 5.91 Å². The van der Waals surface area contributed by atoms with Gasteiger partial charge < -0.3 is 10.6 Å². The Balaban J connectivity index is 1.50. The van der Waals surface area contributed by atoms with Crippen LogP contribution in [-0.2, 0) is 18.4 Å². The fourth-order valence-corrected chi connectivity index (χ4v) is 3.82. The van der Waals surface area contributed by atoms with Crippen LogP contribution in [0, 0.1) is 11.8 Å². The second-order valence-electron chi connectivity index (χ2n) is 6.66. The number of aromatic nitrogens is 2. The molecule has 0 radical (unpaired) electrons. The van der Waals surface area contributed by atoms with E-state index in [0.29, 0.717) is 18.4 Å². The maximum Gasteiger partial charge on any atom is 0.226 e. The molecule has 2 atom stereocenters. The van der Waals surface area contributed by atoms with Gasteiger partial charge in [0, 0.05) is 57.4 Å². The van der Waals surface area contributed by atoms with Gasteiger partial charge in [-0.2, -0.15) is 5.10 Å². The summed E-state index contributed by atoms with van der Waals surface area (Å²) in [4.78, 5) is 17.1. The van der Waals surface area contributed by atoms with Gasteiger partial charge >= 0.3 is 0 Å². The summed E-state index contributed by atoms with van der Waals surface area (Å²) in [5.74, 6) is 0.921. The smallest absolute Gasteiger partial charge is 0.226 e. The molecule has 1 aliphatic heterocycles. The molecule has 122 valence electrons. The van der Waals surface area contributed by atoms with Crippen LogP contribution >= 0.6 is 0 Å². The highest BCUT2D eigenvalue weighted by molar-refractivity contribution is 5.79. The first-order valence-corrected chi connectivity index (χ1v) is 8.36. The first kappa shape index (κ1) is 15.5. The normalized spacial score (nSPS) is 26.5. The first-order valence-electron chi connectivity index (χ1n) is 8.36. The average Bonchev–Trinajstić information content (AvgIpc) is 3.16. The molecule has 1 saturated carbocycles. The van der Waals surface area contributed by atoms with Crippen LogP contribution in [0.2, 0.25) is 0 Å². The van der Waals surface area contributed by atoms with Crippen LogP contribution in [0.25, 0.3) is 0 Å². The summed E-state index contributed by atoms with van der Waals surface area (Å²) >= 11 is 0. The van der Waals surface area contributed by atoms with Crippen molar-refractivity contribution in [1.29, 1.82) is 0 Å². The molecule has 2 fully saturated rings. The molecule has 6 nitrogen and oxygen atoms in total. The van der Waals surface area contributed by atoms with Crippen LogP contribution in [-0.4, -0.2) is 58.2 Å². The lowest BCUT2D eigenvalue weighted by molar-refractivity contribution is -0.138. The zero-order valence-corrected chi connectivity index (χ0v) is 13.4. The van der Waals surface area contributed by atoms with Crippen LogP contribution in [0.5, 0.6) is 0 Å².